The van der Waals surface area contributed by atoms with Crippen LogP contribution in [0.5, 0.6) is 5.75 Å². The molecule has 0 bridgehead atoms. The van der Waals surface area contributed by atoms with E-state index in [2.05, 4.69) is 15.9 Å². The Labute approximate surface area is 133 Å². The largest absolute Gasteiger partial charge is 0.484 e. The molecule has 0 heterocycles. The summed E-state index contributed by atoms with van der Waals surface area (Å²) in [4.78, 5) is 0. The molecule has 2 nitrogen and oxygen atoms in total. The normalized spacial score (nSPS) is 13.8. The van der Waals surface area contributed by atoms with Gasteiger partial charge in [0.2, 0.25) is 0 Å². The maximum atomic E-state index is 6.27. The third kappa shape index (κ3) is 3.75. The van der Waals surface area contributed by atoms with Crippen LogP contribution in [0.1, 0.15) is 25.0 Å². The van der Waals surface area contributed by atoms with Crippen molar-refractivity contribution >= 4 is 27.5 Å². The molecule has 2 aromatic carbocycles. The zero-order valence-corrected chi connectivity index (χ0v) is 13.6. The third-order valence-electron chi connectivity index (χ3n) is 3.13. The first kappa shape index (κ1) is 15.4. The third-order valence-corrected chi connectivity index (χ3v) is 3.97. The van der Waals surface area contributed by atoms with Crippen molar-refractivity contribution in [2.45, 2.75) is 25.5 Å². The van der Waals surface area contributed by atoms with Crippen molar-refractivity contribution in [1.29, 1.82) is 0 Å². The molecule has 0 aromatic heterocycles. The minimum Gasteiger partial charge on any atom is -0.484 e. The van der Waals surface area contributed by atoms with E-state index in [1.54, 1.807) is 0 Å². The van der Waals surface area contributed by atoms with Gasteiger partial charge in [-0.05, 0) is 30.7 Å². The molecule has 0 fully saturated rings. The minimum atomic E-state index is -0.261. The molecule has 2 unspecified atom stereocenters. The van der Waals surface area contributed by atoms with Crippen LogP contribution in [-0.4, -0.2) is 6.04 Å². The second-order valence-electron chi connectivity index (χ2n) is 4.59. The van der Waals surface area contributed by atoms with Crippen LogP contribution in [0.2, 0.25) is 5.02 Å². The number of nitrogens with two attached hydrogens (primary N) is 1. The van der Waals surface area contributed by atoms with Crippen LogP contribution >= 0.6 is 27.5 Å². The quantitative estimate of drug-likeness (QED) is 0.823. The first-order valence-electron chi connectivity index (χ1n) is 6.54. The molecule has 0 aliphatic carbocycles. The Morgan fingerprint density at radius 1 is 1.20 bits per heavy atom. The number of ether oxygens (including phenoxy) is 1. The second-order valence-corrected chi connectivity index (χ2v) is 5.91. The van der Waals surface area contributed by atoms with Gasteiger partial charge in [-0.1, -0.05) is 58.7 Å². The van der Waals surface area contributed by atoms with Crippen molar-refractivity contribution in [1.82, 2.24) is 0 Å². The molecular weight excluding hydrogens is 338 g/mol. The standard InChI is InChI=1S/C16H17BrClNO/c1-2-15(19)16(13-8-3-4-9-14(13)18)20-12-7-5-6-11(17)10-12/h3-10,15-16H,2,19H2,1H3. The van der Waals surface area contributed by atoms with Crippen LogP contribution in [0, 0.1) is 0 Å². The lowest BCUT2D eigenvalue weighted by atomic mass is 10.0. The van der Waals surface area contributed by atoms with Gasteiger partial charge in [0.1, 0.15) is 11.9 Å². The highest BCUT2D eigenvalue weighted by atomic mass is 79.9. The smallest absolute Gasteiger partial charge is 0.140 e. The van der Waals surface area contributed by atoms with Crippen LogP contribution in [0.3, 0.4) is 0 Å². The fourth-order valence-corrected chi connectivity index (χ4v) is 2.61. The predicted octanol–water partition coefficient (Wildman–Crippen LogP) is 4.96. The van der Waals surface area contributed by atoms with Gasteiger partial charge in [-0.2, -0.15) is 0 Å². The molecule has 0 spiro atoms. The average molecular weight is 355 g/mol. The Morgan fingerprint density at radius 2 is 1.95 bits per heavy atom. The molecule has 0 saturated heterocycles. The average Bonchev–Trinajstić information content (AvgIpc) is 2.45. The van der Waals surface area contributed by atoms with Gasteiger partial charge in [0, 0.05) is 21.1 Å². The first-order chi connectivity index (χ1) is 9.61. The highest BCUT2D eigenvalue weighted by molar-refractivity contribution is 9.10. The maximum Gasteiger partial charge on any atom is 0.140 e. The zero-order chi connectivity index (χ0) is 14.5. The molecular formula is C16H17BrClNO. The molecule has 4 heteroatoms. The van der Waals surface area contributed by atoms with E-state index in [0.29, 0.717) is 5.02 Å². The molecule has 0 saturated carbocycles. The summed E-state index contributed by atoms with van der Waals surface area (Å²) in [6, 6.07) is 15.3. The van der Waals surface area contributed by atoms with E-state index in [4.69, 9.17) is 22.1 Å². The van der Waals surface area contributed by atoms with Gasteiger partial charge in [-0.3, -0.25) is 0 Å². The van der Waals surface area contributed by atoms with E-state index in [1.807, 2.05) is 55.5 Å². The van der Waals surface area contributed by atoms with Gasteiger partial charge >= 0.3 is 0 Å². The number of hydrogen-bond acceptors (Lipinski definition) is 2. The summed E-state index contributed by atoms with van der Waals surface area (Å²) < 4.78 is 7.05. The lowest BCUT2D eigenvalue weighted by Crippen LogP contribution is -2.31. The number of rotatable bonds is 5. The van der Waals surface area contributed by atoms with Crippen LogP contribution in [0.4, 0.5) is 0 Å². The molecule has 2 aromatic rings. The minimum absolute atomic E-state index is 0.117. The van der Waals surface area contributed by atoms with Gasteiger partial charge in [0.05, 0.1) is 0 Å². The van der Waals surface area contributed by atoms with E-state index >= 15 is 0 Å². The van der Waals surface area contributed by atoms with Crippen molar-refractivity contribution < 1.29 is 4.74 Å². The molecule has 0 aliphatic rings. The van der Waals surface area contributed by atoms with Crippen LogP contribution < -0.4 is 10.5 Å². The summed E-state index contributed by atoms with van der Waals surface area (Å²) in [5.74, 6) is 0.771. The number of hydrogen-bond donors (Lipinski definition) is 1. The van der Waals surface area contributed by atoms with Crippen LogP contribution in [0.15, 0.2) is 53.0 Å². The predicted molar refractivity (Wildman–Crippen MR) is 87.2 cm³/mol. The molecule has 20 heavy (non-hydrogen) atoms. The molecule has 106 valence electrons. The van der Waals surface area contributed by atoms with Gasteiger partial charge in [-0.15, -0.1) is 0 Å². The fraction of sp³-hybridized carbons (Fsp3) is 0.250. The summed E-state index contributed by atoms with van der Waals surface area (Å²) in [6.07, 6.45) is 0.548. The highest BCUT2D eigenvalue weighted by Crippen LogP contribution is 2.31. The Bertz CT molecular complexity index is 576. The van der Waals surface area contributed by atoms with E-state index < -0.39 is 0 Å². The van der Waals surface area contributed by atoms with E-state index in [0.717, 1.165) is 22.2 Å². The fourth-order valence-electron chi connectivity index (χ4n) is 1.99. The topological polar surface area (TPSA) is 35.2 Å². The maximum absolute atomic E-state index is 6.27. The summed E-state index contributed by atoms with van der Waals surface area (Å²) in [6.45, 7) is 2.04. The molecule has 2 rings (SSSR count). The van der Waals surface area contributed by atoms with E-state index in [1.165, 1.54) is 0 Å². The van der Waals surface area contributed by atoms with Gasteiger partial charge in [0.25, 0.3) is 0 Å². The molecule has 0 aliphatic heterocycles. The Balaban J connectivity index is 2.32. The monoisotopic (exact) mass is 353 g/mol. The summed E-state index contributed by atoms with van der Waals surface area (Å²) >= 11 is 9.71. The summed E-state index contributed by atoms with van der Waals surface area (Å²) in [7, 11) is 0. The van der Waals surface area contributed by atoms with Crippen molar-refractivity contribution in [3.05, 3.63) is 63.6 Å². The Hall–Kier alpha value is -1.03. The van der Waals surface area contributed by atoms with Gasteiger partial charge in [0.15, 0.2) is 0 Å². The van der Waals surface area contributed by atoms with Crippen molar-refractivity contribution in [2.24, 2.45) is 5.73 Å². The number of benzene rings is 2. The molecule has 0 amide bonds. The Morgan fingerprint density at radius 3 is 2.60 bits per heavy atom. The van der Waals surface area contributed by atoms with Crippen molar-refractivity contribution in [3.63, 3.8) is 0 Å². The molecule has 0 radical (unpaired) electrons. The van der Waals surface area contributed by atoms with Gasteiger partial charge in [-0.25, -0.2) is 0 Å². The van der Waals surface area contributed by atoms with Crippen LogP contribution in [-0.2, 0) is 0 Å². The molecule has 2 N–H and O–H groups in total. The molecule has 2 atom stereocenters. The Kier molecular flexibility index (Phi) is 5.46. The lowest BCUT2D eigenvalue weighted by molar-refractivity contribution is 0.171. The second kappa shape index (κ2) is 7.11. The zero-order valence-electron chi connectivity index (χ0n) is 11.2. The van der Waals surface area contributed by atoms with E-state index in [-0.39, 0.29) is 12.1 Å². The van der Waals surface area contributed by atoms with Crippen molar-refractivity contribution in [3.8, 4) is 5.75 Å². The van der Waals surface area contributed by atoms with E-state index in [9.17, 15) is 0 Å². The van der Waals surface area contributed by atoms with Gasteiger partial charge < -0.3 is 10.5 Å². The van der Waals surface area contributed by atoms with Crippen LogP contribution in [0.25, 0.3) is 0 Å². The number of halogens is 2. The summed E-state index contributed by atoms with van der Waals surface area (Å²) in [5, 5.41) is 0.677. The SMILES string of the molecule is CCC(N)C(Oc1cccc(Br)c1)c1ccccc1Cl. The van der Waals surface area contributed by atoms with Crippen molar-refractivity contribution in [2.75, 3.05) is 0 Å². The highest BCUT2D eigenvalue weighted by Gasteiger charge is 2.22. The lowest BCUT2D eigenvalue weighted by Gasteiger charge is -2.25. The summed E-state index contributed by atoms with van der Waals surface area (Å²) in [5.41, 5.74) is 7.13. The first-order valence-corrected chi connectivity index (χ1v) is 7.71.